The highest BCUT2D eigenvalue weighted by Gasteiger charge is 2.26. The van der Waals surface area contributed by atoms with Gasteiger partial charge in [-0.1, -0.05) is 0 Å². The van der Waals surface area contributed by atoms with E-state index in [4.69, 9.17) is 15.2 Å². The molecule has 1 amide bonds. The second-order valence-corrected chi connectivity index (χ2v) is 6.39. The van der Waals surface area contributed by atoms with Crippen molar-refractivity contribution in [2.45, 2.75) is 19.6 Å². The van der Waals surface area contributed by atoms with Gasteiger partial charge in [0, 0.05) is 43.9 Å². The van der Waals surface area contributed by atoms with Crippen LogP contribution in [0.1, 0.15) is 18.1 Å². The lowest BCUT2D eigenvalue weighted by Gasteiger charge is -2.27. The van der Waals surface area contributed by atoms with E-state index in [1.54, 1.807) is 26.2 Å². The fraction of sp³-hybridized carbons (Fsp3) is 0.263. The molecule has 3 N–H and O–H groups in total. The average molecular weight is 373 g/mol. The molecule has 0 aliphatic carbocycles. The molecule has 7 nitrogen and oxygen atoms in total. The van der Waals surface area contributed by atoms with E-state index in [-0.39, 0.29) is 12.2 Å². The van der Waals surface area contributed by atoms with E-state index in [1.165, 1.54) is 23.2 Å². The number of nitrogens with two attached hydrogens (primary N) is 1. The summed E-state index contributed by atoms with van der Waals surface area (Å²) in [5.74, 6) is -0.127. The van der Waals surface area contributed by atoms with Gasteiger partial charge in [-0.2, -0.15) is 0 Å². The molecule has 0 fully saturated rings. The number of aromatic nitrogens is 1. The molecule has 2 aromatic rings. The molecule has 0 radical (unpaired) electrons. The van der Waals surface area contributed by atoms with Crippen LogP contribution in [-0.4, -0.2) is 41.5 Å². The van der Waals surface area contributed by atoms with Crippen LogP contribution in [0.5, 0.6) is 11.5 Å². The lowest BCUT2D eigenvalue weighted by atomic mass is 9.93. The van der Waals surface area contributed by atoms with Crippen molar-refractivity contribution in [3.05, 3.63) is 53.0 Å². The van der Waals surface area contributed by atoms with Crippen LogP contribution in [0.4, 0.5) is 15.0 Å². The van der Waals surface area contributed by atoms with Gasteiger partial charge < -0.3 is 25.2 Å². The summed E-state index contributed by atoms with van der Waals surface area (Å²) < 4.78 is 24.9. The van der Waals surface area contributed by atoms with Crippen molar-refractivity contribution in [2.75, 3.05) is 19.8 Å². The summed E-state index contributed by atoms with van der Waals surface area (Å²) in [6.07, 6.45) is -0.238. The Balaban J connectivity index is 1.92. The Morgan fingerprint density at radius 2 is 2.15 bits per heavy atom. The van der Waals surface area contributed by atoms with Gasteiger partial charge in [0.05, 0.1) is 0 Å². The number of hydrogen-bond donors (Lipinski definition) is 2. The summed E-state index contributed by atoms with van der Waals surface area (Å²) in [5, 5.41) is 10.4. The van der Waals surface area contributed by atoms with Crippen molar-refractivity contribution in [1.82, 2.24) is 9.88 Å². The number of rotatable bonds is 3. The summed E-state index contributed by atoms with van der Waals surface area (Å²) in [5.41, 5.74) is 7.82. The zero-order valence-corrected chi connectivity index (χ0v) is 15.2. The highest BCUT2D eigenvalue weighted by molar-refractivity contribution is 5.76. The molecule has 1 unspecified atom stereocenters. The Hall–Kier alpha value is -3.13. The Morgan fingerprint density at radius 1 is 1.41 bits per heavy atom. The van der Waals surface area contributed by atoms with Gasteiger partial charge in [-0.25, -0.2) is 14.2 Å². The zero-order valence-electron chi connectivity index (χ0n) is 15.2. The van der Waals surface area contributed by atoms with Gasteiger partial charge in [0.2, 0.25) is 6.29 Å². The van der Waals surface area contributed by atoms with E-state index >= 15 is 0 Å². The molecule has 8 heteroatoms. The standard InChI is InChI=1S/C19H20FN3O4/c1-10-13-5-4-12(26-19(25)23(2)3)9-15(13)27-18(24)14(10)8-11-6-7-22-17(21)16(11)20/h4-7,9,18,24H,8H2,1-3H3,(H2,21,22). The summed E-state index contributed by atoms with van der Waals surface area (Å²) in [4.78, 5) is 16.7. The van der Waals surface area contributed by atoms with Crippen molar-refractivity contribution in [3.8, 4) is 11.5 Å². The van der Waals surface area contributed by atoms with Gasteiger partial charge in [0.15, 0.2) is 11.6 Å². The monoisotopic (exact) mass is 373 g/mol. The highest BCUT2D eigenvalue weighted by atomic mass is 19.1. The first kappa shape index (κ1) is 18.7. The average Bonchev–Trinajstić information content (AvgIpc) is 2.61. The molecular formula is C19H20FN3O4. The van der Waals surface area contributed by atoms with E-state index in [2.05, 4.69) is 4.98 Å². The molecule has 0 bridgehead atoms. The minimum Gasteiger partial charge on any atom is -0.460 e. The number of amides is 1. The first-order chi connectivity index (χ1) is 12.8. The smallest absolute Gasteiger partial charge is 0.414 e. The summed E-state index contributed by atoms with van der Waals surface area (Å²) >= 11 is 0. The largest absolute Gasteiger partial charge is 0.460 e. The van der Waals surface area contributed by atoms with Gasteiger partial charge in [0.1, 0.15) is 11.5 Å². The van der Waals surface area contributed by atoms with Gasteiger partial charge in [-0.05, 0) is 36.3 Å². The predicted octanol–water partition coefficient (Wildman–Crippen LogP) is 2.59. The number of ether oxygens (including phenoxy) is 2. The second kappa shape index (κ2) is 7.24. The maximum Gasteiger partial charge on any atom is 0.414 e. The molecule has 27 heavy (non-hydrogen) atoms. The fourth-order valence-corrected chi connectivity index (χ4v) is 2.78. The third-order valence-corrected chi connectivity index (χ3v) is 4.32. The van der Waals surface area contributed by atoms with Gasteiger partial charge in [0.25, 0.3) is 0 Å². The van der Waals surface area contributed by atoms with Gasteiger partial charge >= 0.3 is 6.09 Å². The Morgan fingerprint density at radius 3 is 2.85 bits per heavy atom. The van der Waals surface area contributed by atoms with E-state index in [9.17, 15) is 14.3 Å². The number of carbonyl (C=O) groups is 1. The van der Waals surface area contributed by atoms with Crippen molar-refractivity contribution in [1.29, 1.82) is 0 Å². The second-order valence-electron chi connectivity index (χ2n) is 6.39. The summed E-state index contributed by atoms with van der Waals surface area (Å²) in [7, 11) is 3.15. The van der Waals surface area contributed by atoms with Crippen LogP contribution in [0.3, 0.4) is 0 Å². The molecule has 2 heterocycles. The van der Waals surface area contributed by atoms with Crippen molar-refractivity contribution in [3.63, 3.8) is 0 Å². The number of fused-ring (bicyclic) bond motifs is 1. The first-order valence-electron chi connectivity index (χ1n) is 8.24. The van der Waals surface area contributed by atoms with Crippen LogP contribution < -0.4 is 15.2 Å². The number of nitrogens with zero attached hydrogens (tertiary/aromatic N) is 2. The number of aliphatic hydroxyl groups excluding tert-OH is 1. The number of pyridine rings is 1. The molecule has 1 aliphatic heterocycles. The van der Waals surface area contributed by atoms with E-state index in [1.807, 2.05) is 6.92 Å². The Labute approximate surface area is 155 Å². The lowest BCUT2D eigenvalue weighted by Crippen LogP contribution is -2.26. The SMILES string of the molecule is CC1=C(Cc2ccnc(N)c2F)C(O)Oc2cc(OC(=O)N(C)C)ccc21. The number of carbonyl (C=O) groups excluding carboxylic acids is 1. The summed E-state index contributed by atoms with van der Waals surface area (Å²) in [6.45, 7) is 1.81. The number of hydrogen-bond acceptors (Lipinski definition) is 6. The first-order valence-corrected chi connectivity index (χ1v) is 8.24. The molecule has 1 atom stereocenters. The van der Waals surface area contributed by atoms with Crippen molar-refractivity contribution in [2.24, 2.45) is 0 Å². The van der Waals surface area contributed by atoms with Crippen LogP contribution >= 0.6 is 0 Å². The van der Waals surface area contributed by atoms with Crippen LogP contribution in [0.15, 0.2) is 36.0 Å². The third-order valence-electron chi connectivity index (χ3n) is 4.32. The lowest BCUT2D eigenvalue weighted by molar-refractivity contribution is 0.0103. The van der Waals surface area contributed by atoms with Crippen molar-refractivity contribution >= 4 is 17.5 Å². The quantitative estimate of drug-likeness (QED) is 0.858. The molecule has 142 valence electrons. The third kappa shape index (κ3) is 3.70. The molecule has 0 saturated heterocycles. The van der Waals surface area contributed by atoms with Gasteiger partial charge in [-0.15, -0.1) is 0 Å². The Kier molecular flexibility index (Phi) is 5.00. The molecule has 3 rings (SSSR count). The van der Waals surface area contributed by atoms with E-state index in [0.29, 0.717) is 22.6 Å². The number of anilines is 1. The summed E-state index contributed by atoms with van der Waals surface area (Å²) in [6, 6.07) is 6.41. The highest BCUT2D eigenvalue weighted by Crippen LogP contribution is 2.38. The number of benzene rings is 1. The van der Waals surface area contributed by atoms with Crippen LogP contribution in [0.25, 0.3) is 5.57 Å². The molecule has 1 aromatic heterocycles. The normalized spacial score (nSPS) is 15.8. The minimum absolute atomic E-state index is 0.127. The topological polar surface area (TPSA) is 97.9 Å². The number of aliphatic hydroxyl groups is 1. The molecule has 0 spiro atoms. The number of allylic oxidation sites excluding steroid dienone is 1. The van der Waals surface area contributed by atoms with Gasteiger partial charge in [-0.3, -0.25) is 0 Å². The molecule has 1 aromatic carbocycles. The van der Waals surface area contributed by atoms with Crippen LogP contribution in [0.2, 0.25) is 0 Å². The predicted molar refractivity (Wildman–Crippen MR) is 97.7 cm³/mol. The number of nitrogen functional groups attached to an aromatic ring is 1. The fourth-order valence-electron chi connectivity index (χ4n) is 2.78. The molecule has 0 saturated carbocycles. The maximum atomic E-state index is 14.2. The van der Waals surface area contributed by atoms with Crippen LogP contribution in [-0.2, 0) is 6.42 Å². The molecular weight excluding hydrogens is 353 g/mol. The van der Waals surface area contributed by atoms with Crippen LogP contribution in [0, 0.1) is 5.82 Å². The maximum absolute atomic E-state index is 14.2. The van der Waals surface area contributed by atoms with Crippen molar-refractivity contribution < 1.29 is 23.8 Å². The minimum atomic E-state index is -1.26. The Bertz CT molecular complexity index is 927. The molecule has 1 aliphatic rings. The van der Waals surface area contributed by atoms with E-state index < -0.39 is 18.2 Å². The zero-order chi connectivity index (χ0) is 19.7. The van der Waals surface area contributed by atoms with E-state index in [0.717, 1.165) is 11.1 Å². The number of halogens is 1.